The molecule has 0 unspecified atom stereocenters. The van der Waals surface area contributed by atoms with Crippen molar-refractivity contribution in [1.82, 2.24) is 10.2 Å². The largest absolute Gasteiger partial charge is 0.355 e. The van der Waals surface area contributed by atoms with E-state index in [2.05, 4.69) is 53.7 Å². The van der Waals surface area contributed by atoms with Gasteiger partial charge in [0, 0.05) is 12.6 Å². The molecule has 0 aliphatic heterocycles. The van der Waals surface area contributed by atoms with Crippen LogP contribution in [0.4, 0.5) is 0 Å². The lowest BCUT2D eigenvalue weighted by atomic mass is 9.87. The van der Waals surface area contributed by atoms with Crippen molar-refractivity contribution in [2.75, 3.05) is 20.1 Å². The average molecular weight is 322 g/mol. The highest BCUT2D eigenvalue weighted by molar-refractivity contribution is 5.78. The number of fused-ring (bicyclic) bond motifs is 1. The molecule has 1 aliphatic rings. The third-order valence-electron chi connectivity index (χ3n) is 4.84. The number of likely N-dealkylation sites (N-methyl/N-ethyl adjacent to an activating group) is 1. The van der Waals surface area contributed by atoms with E-state index >= 15 is 0 Å². The van der Waals surface area contributed by atoms with E-state index in [1.165, 1.54) is 23.1 Å². The summed E-state index contributed by atoms with van der Waals surface area (Å²) in [7, 11) is 2.06. The van der Waals surface area contributed by atoms with Gasteiger partial charge in [-0.05, 0) is 49.4 Å². The van der Waals surface area contributed by atoms with Gasteiger partial charge in [-0.25, -0.2) is 0 Å². The highest BCUT2D eigenvalue weighted by atomic mass is 16.2. The summed E-state index contributed by atoms with van der Waals surface area (Å²) in [4.78, 5) is 14.4. The van der Waals surface area contributed by atoms with Crippen molar-refractivity contribution in [3.63, 3.8) is 0 Å². The summed E-state index contributed by atoms with van der Waals surface area (Å²) in [5.74, 6) is 0.108. The van der Waals surface area contributed by atoms with E-state index in [-0.39, 0.29) is 5.91 Å². The number of nitrogens with one attached hydrogen (secondary N) is 1. The molecule has 126 valence electrons. The third kappa shape index (κ3) is 4.24. The molecule has 3 rings (SSSR count). The molecule has 1 atom stereocenters. The van der Waals surface area contributed by atoms with Gasteiger partial charge in [-0.1, -0.05) is 54.6 Å². The van der Waals surface area contributed by atoms with Crippen molar-refractivity contribution >= 4 is 5.91 Å². The standard InChI is InChI=1S/C21H26N2O/c1-23(20-13-7-11-18-10-5-6-12-19(18)20)16-21(24)22-15-14-17-8-3-2-4-9-17/h2-6,8-10,12,20H,7,11,13-16H2,1H3,(H,22,24)/t20-/m1/s1. The third-order valence-corrected chi connectivity index (χ3v) is 4.84. The van der Waals surface area contributed by atoms with E-state index < -0.39 is 0 Å². The normalized spacial score (nSPS) is 16.7. The summed E-state index contributed by atoms with van der Waals surface area (Å²) in [6.07, 6.45) is 4.36. The van der Waals surface area contributed by atoms with E-state index in [0.29, 0.717) is 19.1 Å². The van der Waals surface area contributed by atoms with Gasteiger partial charge in [0.05, 0.1) is 6.54 Å². The maximum Gasteiger partial charge on any atom is 0.234 e. The molecule has 0 aromatic heterocycles. The second kappa shape index (κ2) is 8.11. The van der Waals surface area contributed by atoms with Crippen LogP contribution in [0.15, 0.2) is 54.6 Å². The first-order valence-electron chi connectivity index (χ1n) is 8.82. The van der Waals surface area contributed by atoms with Crippen molar-refractivity contribution in [2.24, 2.45) is 0 Å². The number of benzene rings is 2. The number of hydrogen-bond donors (Lipinski definition) is 1. The SMILES string of the molecule is CN(CC(=O)NCCc1ccccc1)[C@@H]1CCCc2ccccc21. The number of hydrogen-bond acceptors (Lipinski definition) is 2. The topological polar surface area (TPSA) is 32.3 Å². The maximum atomic E-state index is 12.2. The smallest absolute Gasteiger partial charge is 0.234 e. The van der Waals surface area contributed by atoms with E-state index in [9.17, 15) is 4.79 Å². The number of carbonyl (C=O) groups excluding carboxylic acids is 1. The monoisotopic (exact) mass is 322 g/mol. The molecule has 0 radical (unpaired) electrons. The first-order chi connectivity index (χ1) is 11.7. The zero-order valence-corrected chi connectivity index (χ0v) is 14.4. The van der Waals surface area contributed by atoms with Crippen molar-refractivity contribution in [3.8, 4) is 0 Å². The lowest BCUT2D eigenvalue weighted by Gasteiger charge is -2.32. The highest BCUT2D eigenvalue weighted by Gasteiger charge is 2.24. The fourth-order valence-electron chi connectivity index (χ4n) is 3.57. The van der Waals surface area contributed by atoms with E-state index in [0.717, 1.165) is 19.3 Å². The first kappa shape index (κ1) is 16.7. The summed E-state index contributed by atoms with van der Waals surface area (Å²) >= 11 is 0. The minimum absolute atomic E-state index is 0.108. The predicted octanol–water partition coefficient (Wildman–Crippen LogP) is 3.35. The molecular weight excluding hydrogens is 296 g/mol. The van der Waals surface area contributed by atoms with Crippen molar-refractivity contribution in [1.29, 1.82) is 0 Å². The van der Waals surface area contributed by atoms with Crippen LogP contribution in [0.5, 0.6) is 0 Å². The van der Waals surface area contributed by atoms with Crippen LogP contribution in [-0.2, 0) is 17.6 Å². The van der Waals surface area contributed by atoms with Gasteiger partial charge in [0.2, 0.25) is 5.91 Å². The molecule has 0 fully saturated rings. The van der Waals surface area contributed by atoms with Gasteiger partial charge in [-0.15, -0.1) is 0 Å². The maximum absolute atomic E-state index is 12.2. The second-order valence-corrected chi connectivity index (χ2v) is 6.61. The molecule has 2 aromatic rings. The van der Waals surface area contributed by atoms with Crippen LogP contribution >= 0.6 is 0 Å². The summed E-state index contributed by atoms with van der Waals surface area (Å²) in [5, 5.41) is 3.04. The lowest BCUT2D eigenvalue weighted by molar-refractivity contribution is -0.122. The molecule has 0 heterocycles. The summed E-state index contributed by atoms with van der Waals surface area (Å²) < 4.78 is 0. The fraction of sp³-hybridized carbons (Fsp3) is 0.381. The van der Waals surface area contributed by atoms with Crippen molar-refractivity contribution < 1.29 is 4.79 Å². The zero-order valence-electron chi connectivity index (χ0n) is 14.4. The quantitative estimate of drug-likeness (QED) is 0.884. The highest BCUT2D eigenvalue weighted by Crippen LogP contribution is 2.33. The number of aryl methyl sites for hydroxylation is 1. The average Bonchev–Trinajstić information content (AvgIpc) is 2.62. The molecule has 0 spiro atoms. The Morgan fingerprint density at radius 1 is 1.12 bits per heavy atom. The van der Waals surface area contributed by atoms with Gasteiger partial charge in [-0.2, -0.15) is 0 Å². The van der Waals surface area contributed by atoms with Crippen molar-refractivity contribution in [3.05, 3.63) is 71.3 Å². The first-order valence-corrected chi connectivity index (χ1v) is 8.82. The molecule has 3 nitrogen and oxygen atoms in total. The molecule has 0 saturated carbocycles. The van der Waals surface area contributed by atoms with Gasteiger partial charge in [0.25, 0.3) is 0 Å². The molecule has 3 heteroatoms. The Hall–Kier alpha value is -2.13. The Bertz CT molecular complexity index is 669. The summed E-state index contributed by atoms with van der Waals surface area (Å²) in [6, 6.07) is 19.3. The summed E-state index contributed by atoms with van der Waals surface area (Å²) in [6.45, 7) is 1.14. The minimum atomic E-state index is 0.108. The van der Waals surface area contributed by atoms with E-state index in [4.69, 9.17) is 0 Å². The fourth-order valence-corrected chi connectivity index (χ4v) is 3.57. The predicted molar refractivity (Wildman–Crippen MR) is 97.9 cm³/mol. The van der Waals surface area contributed by atoms with Gasteiger partial charge < -0.3 is 5.32 Å². The second-order valence-electron chi connectivity index (χ2n) is 6.61. The molecule has 2 aromatic carbocycles. The van der Waals surface area contributed by atoms with Crippen LogP contribution in [0.1, 0.15) is 35.6 Å². The molecule has 1 amide bonds. The van der Waals surface area contributed by atoms with Crippen LogP contribution in [0.3, 0.4) is 0 Å². The van der Waals surface area contributed by atoms with Crippen LogP contribution in [0, 0.1) is 0 Å². The van der Waals surface area contributed by atoms with Crippen LogP contribution < -0.4 is 5.32 Å². The Morgan fingerprint density at radius 2 is 1.88 bits per heavy atom. The Morgan fingerprint density at radius 3 is 2.71 bits per heavy atom. The van der Waals surface area contributed by atoms with Crippen molar-refractivity contribution in [2.45, 2.75) is 31.7 Å². The summed E-state index contributed by atoms with van der Waals surface area (Å²) in [5.41, 5.74) is 4.08. The molecule has 0 bridgehead atoms. The van der Waals surface area contributed by atoms with Crippen LogP contribution in [0.2, 0.25) is 0 Å². The number of carbonyl (C=O) groups is 1. The molecule has 1 N–H and O–H groups in total. The number of amides is 1. The van der Waals surface area contributed by atoms with Crippen LogP contribution in [0.25, 0.3) is 0 Å². The van der Waals surface area contributed by atoms with E-state index in [1.54, 1.807) is 0 Å². The van der Waals surface area contributed by atoms with E-state index in [1.807, 2.05) is 18.2 Å². The van der Waals surface area contributed by atoms with Gasteiger partial charge in [0.15, 0.2) is 0 Å². The Balaban J connectivity index is 1.50. The van der Waals surface area contributed by atoms with Crippen LogP contribution in [-0.4, -0.2) is 30.9 Å². The van der Waals surface area contributed by atoms with Gasteiger partial charge >= 0.3 is 0 Å². The molecule has 0 saturated heterocycles. The molecular formula is C21H26N2O. The van der Waals surface area contributed by atoms with Gasteiger partial charge in [0.1, 0.15) is 0 Å². The Labute approximate surface area is 144 Å². The number of rotatable bonds is 6. The molecule has 24 heavy (non-hydrogen) atoms. The zero-order chi connectivity index (χ0) is 16.8. The molecule has 1 aliphatic carbocycles. The number of nitrogens with zero attached hydrogens (tertiary/aromatic N) is 1. The van der Waals surface area contributed by atoms with Gasteiger partial charge in [-0.3, -0.25) is 9.69 Å². The Kier molecular flexibility index (Phi) is 5.65. The minimum Gasteiger partial charge on any atom is -0.355 e. The lowest BCUT2D eigenvalue weighted by Crippen LogP contribution is -2.38.